The van der Waals surface area contributed by atoms with Gasteiger partial charge in [0, 0.05) is 10.6 Å². The maximum Gasteiger partial charge on any atom is 0.261 e. The molecule has 3 aromatic rings. The number of aryl methyl sites for hydroxylation is 1. The van der Waals surface area contributed by atoms with Crippen LogP contribution in [0, 0.1) is 6.92 Å². The summed E-state index contributed by atoms with van der Waals surface area (Å²) in [6.07, 6.45) is 0.246. The largest absolute Gasteiger partial charge is 0.351 e. The van der Waals surface area contributed by atoms with Crippen molar-refractivity contribution in [2.24, 2.45) is 0 Å². The van der Waals surface area contributed by atoms with Crippen molar-refractivity contribution in [2.45, 2.75) is 24.8 Å². The number of anilines is 1. The van der Waals surface area contributed by atoms with E-state index in [1.54, 1.807) is 59.9 Å². The van der Waals surface area contributed by atoms with Gasteiger partial charge in [0.1, 0.15) is 0 Å². The van der Waals surface area contributed by atoms with Crippen LogP contribution < -0.4 is 10.0 Å². The molecule has 2 N–H and O–H groups in total. The van der Waals surface area contributed by atoms with Crippen molar-refractivity contribution >= 4 is 33.0 Å². The van der Waals surface area contributed by atoms with E-state index in [1.165, 1.54) is 0 Å². The molecule has 0 saturated carbocycles. The highest BCUT2D eigenvalue weighted by atomic mass is 32.2. The van der Waals surface area contributed by atoms with E-state index >= 15 is 0 Å². The molecule has 0 fully saturated rings. The molecule has 0 radical (unpaired) electrons. The van der Waals surface area contributed by atoms with E-state index in [0.29, 0.717) is 12.2 Å². The average Bonchev–Trinajstić information content (AvgIpc) is 3.15. The first-order chi connectivity index (χ1) is 12.9. The summed E-state index contributed by atoms with van der Waals surface area (Å²) >= 11 is 1.60. The Balaban J connectivity index is 1.58. The minimum Gasteiger partial charge on any atom is -0.351 e. The normalized spacial score (nSPS) is 11.1. The van der Waals surface area contributed by atoms with Crippen LogP contribution in [-0.2, 0) is 27.8 Å². The number of carbonyl (C=O) groups is 1. The van der Waals surface area contributed by atoms with Crippen LogP contribution in [-0.4, -0.2) is 14.3 Å². The molecule has 0 spiro atoms. The lowest BCUT2D eigenvalue weighted by Crippen LogP contribution is -2.24. The molecule has 1 heterocycles. The van der Waals surface area contributed by atoms with Gasteiger partial charge in [-0.3, -0.25) is 9.52 Å². The molecule has 3 rings (SSSR count). The number of hydrogen-bond acceptors (Lipinski definition) is 4. The number of nitrogens with one attached hydrogen (secondary N) is 2. The molecule has 140 valence electrons. The molecule has 7 heteroatoms. The predicted octanol–water partition coefficient (Wildman–Crippen LogP) is 3.72. The number of carbonyl (C=O) groups excluding carboxylic acids is 1. The second-order valence-corrected chi connectivity index (χ2v) is 8.86. The van der Waals surface area contributed by atoms with Gasteiger partial charge in [0.2, 0.25) is 5.91 Å². The number of thiophene rings is 1. The molecular weight excluding hydrogens is 380 g/mol. The molecule has 1 aromatic heterocycles. The van der Waals surface area contributed by atoms with Crippen LogP contribution in [0.25, 0.3) is 0 Å². The molecule has 1 amide bonds. The lowest BCUT2D eigenvalue weighted by molar-refractivity contribution is -0.120. The predicted molar refractivity (Wildman–Crippen MR) is 108 cm³/mol. The zero-order chi connectivity index (χ0) is 19.3. The summed E-state index contributed by atoms with van der Waals surface area (Å²) in [5, 5.41) is 4.84. The standard InChI is InChI=1S/C20H20N2O3S2/c1-15-4-10-19(11-5-15)27(24,25)22-17-8-6-16(7-9-17)13-20(23)21-14-18-3-2-12-26-18/h2-12,22H,13-14H2,1H3,(H,21,23). The first-order valence-corrected chi connectivity index (χ1v) is 10.8. The Morgan fingerprint density at radius 3 is 2.33 bits per heavy atom. The van der Waals surface area contributed by atoms with Gasteiger partial charge in [0.15, 0.2) is 0 Å². The van der Waals surface area contributed by atoms with Gasteiger partial charge in [-0.05, 0) is 48.2 Å². The van der Waals surface area contributed by atoms with Crippen molar-refractivity contribution < 1.29 is 13.2 Å². The second-order valence-electron chi connectivity index (χ2n) is 6.15. The zero-order valence-electron chi connectivity index (χ0n) is 14.8. The number of benzene rings is 2. The van der Waals surface area contributed by atoms with E-state index in [2.05, 4.69) is 10.0 Å². The number of sulfonamides is 1. The lowest BCUT2D eigenvalue weighted by atomic mass is 10.1. The molecule has 0 bridgehead atoms. The SMILES string of the molecule is Cc1ccc(S(=O)(=O)Nc2ccc(CC(=O)NCc3cccs3)cc2)cc1. The van der Waals surface area contributed by atoms with Crippen LogP contribution in [0.3, 0.4) is 0 Å². The monoisotopic (exact) mass is 400 g/mol. The molecule has 0 atom stereocenters. The maximum absolute atomic E-state index is 12.4. The number of hydrogen-bond donors (Lipinski definition) is 2. The van der Waals surface area contributed by atoms with Crippen molar-refractivity contribution in [1.29, 1.82) is 0 Å². The average molecular weight is 401 g/mol. The van der Waals surface area contributed by atoms with Crippen molar-refractivity contribution in [2.75, 3.05) is 4.72 Å². The Morgan fingerprint density at radius 2 is 1.70 bits per heavy atom. The first-order valence-electron chi connectivity index (χ1n) is 8.40. The topological polar surface area (TPSA) is 75.3 Å². The third-order valence-electron chi connectivity index (χ3n) is 3.94. The van der Waals surface area contributed by atoms with Crippen molar-refractivity contribution in [3.63, 3.8) is 0 Å². The van der Waals surface area contributed by atoms with Crippen molar-refractivity contribution in [3.05, 3.63) is 82.0 Å². The molecule has 0 aliphatic carbocycles. The van der Waals surface area contributed by atoms with Crippen molar-refractivity contribution in [1.82, 2.24) is 5.32 Å². The molecular formula is C20H20N2O3S2. The Bertz CT molecular complexity index is 994. The third kappa shape index (κ3) is 5.42. The minimum atomic E-state index is -3.63. The van der Waals surface area contributed by atoms with Gasteiger partial charge in [-0.2, -0.15) is 0 Å². The Morgan fingerprint density at radius 1 is 1.00 bits per heavy atom. The van der Waals surface area contributed by atoms with E-state index in [-0.39, 0.29) is 17.2 Å². The summed E-state index contributed by atoms with van der Waals surface area (Å²) in [4.78, 5) is 13.3. The first kappa shape index (κ1) is 19.1. The molecule has 5 nitrogen and oxygen atoms in total. The zero-order valence-corrected chi connectivity index (χ0v) is 16.4. The van der Waals surface area contributed by atoms with E-state index in [9.17, 15) is 13.2 Å². The highest BCUT2D eigenvalue weighted by Gasteiger charge is 2.14. The third-order valence-corrected chi connectivity index (χ3v) is 6.22. The van der Waals surface area contributed by atoms with E-state index in [0.717, 1.165) is 16.0 Å². The number of amides is 1. The molecule has 0 aliphatic heterocycles. The minimum absolute atomic E-state index is 0.0728. The van der Waals surface area contributed by atoms with Gasteiger partial charge in [-0.1, -0.05) is 35.9 Å². The fourth-order valence-corrected chi connectivity index (χ4v) is 4.17. The van der Waals surface area contributed by atoms with E-state index in [1.807, 2.05) is 24.4 Å². The van der Waals surface area contributed by atoms with Gasteiger partial charge in [-0.15, -0.1) is 11.3 Å². The van der Waals surface area contributed by atoms with Crippen LogP contribution in [0.5, 0.6) is 0 Å². The smallest absolute Gasteiger partial charge is 0.261 e. The van der Waals surface area contributed by atoms with Gasteiger partial charge in [0.25, 0.3) is 10.0 Å². The summed E-state index contributed by atoms with van der Waals surface area (Å²) in [5.74, 6) is -0.0728. The summed E-state index contributed by atoms with van der Waals surface area (Å²) in [6.45, 7) is 2.42. The van der Waals surface area contributed by atoms with Crippen LogP contribution in [0.4, 0.5) is 5.69 Å². The Kier molecular flexibility index (Phi) is 5.93. The highest BCUT2D eigenvalue weighted by molar-refractivity contribution is 7.92. The van der Waals surface area contributed by atoms with Gasteiger partial charge in [0.05, 0.1) is 17.9 Å². The van der Waals surface area contributed by atoms with Gasteiger partial charge < -0.3 is 5.32 Å². The van der Waals surface area contributed by atoms with Crippen LogP contribution in [0.15, 0.2) is 70.9 Å². The Labute approximate surface area is 163 Å². The molecule has 27 heavy (non-hydrogen) atoms. The number of rotatable bonds is 7. The van der Waals surface area contributed by atoms with Gasteiger partial charge in [-0.25, -0.2) is 8.42 Å². The van der Waals surface area contributed by atoms with Crippen LogP contribution in [0.2, 0.25) is 0 Å². The molecule has 2 aromatic carbocycles. The van der Waals surface area contributed by atoms with E-state index in [4.69, 9.17) is 0 Å². The summed E-state index contributed by atoms with van der Waals surface area (Å²) < 4.78 is 27.3. The lowest BCUT2D eigenvalue weighted by Gasteiger charge is -2.09. The fraction of sp³-hybridized carbons (Fsp3) is 0.150. The summed E-state index contributed by atoms with van der Waals surface area (Å²) in [5.41, 5.74) is 2.27. The Hall–Kier alpha value is -2.64. The van der Waals surface area contributed by atoms with Crippen molar-refractivity contribution in [3.8, 4) is 0 Å². The maximum atomic E-state index is 12.4. The van der Waals surface area contributed by atoms with E-state index < -0.39 is 10.0 Å². The van der Waals surface area contributed by atoms with Gasteiger partial charge >= 0.3 is 0 Å². The van der Waals surface area contributed by atoms with Crippen LogP contribution in [0.1, 0.15) is 16.0 Å². The second kappa shape index (κ2) is 8.37. The fourth-order valence-electron chi connectivity index (χ4n) is 2.47. The molecule has 0 unspecified atom stereocenters. The summed E-state index contributed by atoms with van der Waals surface area (Å²) in [7, 11) is -3.63. The quantitative estimate of drug-likeness (QED) is 0.635. The van der Waals surface area contributed by atoms with Crippen LogP contribution >= 0.6 is 11.3 Å². The highest BCUT2D eigenvalue weighted by Crippen LogP contribution is 2.17. The molecule has 0 aliphatic rings. The molecule has 0 saturated heterocycles. The summed E-state index contributed by atoms with van der Waals surface area (Å²) in [6, 6.07) is 17.4.